The van der Waals surface area contributed by atoms with Crippen LogP contribution in [0.1, 0.15) is 10.5 Å². The Labute approximate surface area is 115 Å². The highest BCUT2D eigenvalue weighted by atomic mass is 35.5. The standard InChI is InChI=1S/C11H14Cl2N2O3/c1-17-6-7-18-5-4-14-11(16)10-8(12)2-3-9(13)15-10/h2-3H,4-7H2,1H3,(H,14,16). The number of amides is 1. The molecule has 7 heteroatoms. The van der Waals surface area contributed by atoms with Crippen molar-refractivity contribution in [2.24, 2.45) is 0 Å². The number of hydrogen-bond acceptors (Lipinski definition) is 4. The van der Waals surface area contributed by atoms with Crippen molar-refractivity contribution in [1.82, 2.24) is 10.3 Å². The lowest BCUT2D eigenvalue weighted by Crippen LogP contribution is -2.28. The Morgan fingerprint density at radius 2 is 2.11 bits per heavy atom. The molecule has 1 aromatic rings. The topological polar surface area (TPSA) is 60.5 Å². The van der Waals surface area contributed by atoms with Gasteiger partial charge in [0.25, 0.3) is 5.91 Å². The SMILES string of the molecule is COCCOCCNC(=O)c1nc(Cl)ccc1Cl. The minimum absolute atomic E-state index is 0.112. The van der Waals surface area contributed by atoms with Crippen LogP contribution in [0.5, 0.6) is 0 Å². The second-order valence-corrected chi connectivity index (χ2v) is 4.12. The van der Waals surface area contributed by atoms with E-state index in [0.717, 1.165) is 0 Å². The Bertz CT molecular complexity index is 402. The van der Waals surface area contributed by atoms with Crippen molar-refractivity contribution in [3.05, 3.63) is 28.0 Å². The number of carbonyl (C=O) groups excluding carboxylic acids is 1. The first-order valence-corrected chi connectivity index (χ1v) is 6.07. The fraction of sp³-hybridized carbons (Fsp3) is 0.455. The van der Waals surface area contributed by atoms with Gasteiger partial charge in [0.2, 0.25) is 0 Å². The number of aromatic nitrogens is 1. The lowest BCUT2D eigenvalue weighted by atomic mass is 10.3. The van der Waals surface area contributed by atoms with Crippen LogP contribution < -0.4 is 5.32 Å². The molecule has 18 heavy (non-hydrogen) atoms. The van der Waals surface area contributed by atoms with Crippen LogP contribution in [0.2, 0.25) is 10.2 Å². The summed E-state index contributed by atoms with van der Waals surface area (Å²) in [5.41, 5.74) is 0.112. The molecule has 1 heterocycles. The highest BCUT2D eigenvalue weighted by Crippen LogP contribution is 2.16. The van der Waals surface area contributed by atoms with Gasteiger partial charge in [0, 0.05) is 13.7 Å². The molecule has 0 unspecified atom stereocenters. The molecule has 0 aromatic carbocycles. The zero-order chi connectivity index (χ0) is 13.4. The van der Waals surface area contributed by atoms with Crippen LogP contribution in [0.4, 0.5) is 0 Å². The van der Waals surface area contributed by atoms with Crippen LogP contribution in [0, 0.1) is 0 Å². The van der Waals surface area contributed by atoms with E-state index in [1.807, 2.05) is 0 Å². The summed E-state index contributed by atoms with van der Waals surface area (Å²) in [7, 11) is 1.60. The van der Waals surface area contributed by atoms with Gasteiger partial charge < -0.3 is 14.8 Å². The number of carbonyl (C=O) groups is 1. The molecule has 0 saturated carbocycles. The summed E-state index contributed by atoms with van der Waals surface area (Å²) in [6.45, 7) is 1.78. The minimum Gasteiger partial charge on any atom is -0.382 e. The van der Waals surface area contributed by atoms with Crippen LogP contribution in [0.25, 0.3) is 0 Å². The third-order valence-corrected chi connectivity index (χ3v) is 2.51. The van der Waals surface area contributed by atoms with E-state index in [0.29, 0.717) is 26.4 Å². The number of pyridine rings is 1. The monoisotopic (exact) mass is 292 g/mol. The molecule has 0 aliphatic carbocycles. The summed E-state index contributed by atoms with van der Waals surface area (Å²) in [4.78, 5) is 15.6. The van der Waals surface area contributed by atoms with E-state index < -0.39 is 0 Å². The van der Waals surface area contributed by atoms with Crippen LogP contribution in [-0.4, -0.2) is 44.4 Å². The van der Waals surface area contributed by atoms with Gasteiger partial charge in [-0.25, -0.2) is 4.98 Å². The van der Waals surface area contributed by atoms with Crippen molar-refractivity contribution in [2.75, 3.05) is 33.5 Å². The normalized spacial score (nSPS) is 10.4. The molecule has 0 bridgehead atoms. The first kappa shape index (κ1) is 15.2. The second-order valence-electron chi connectivity index (χ2n) is 3.33. The highest BCUT2D eigenvalue weighted by molar-refractivity contribution is 6.34. The van der Waals surface area contributed by atoms with Crippen molar-refractivity contribution >= 4 is 29.1 Å². The molecule has 1 amide bonds. The molecule has 0 fully saturated rings. The maximum absolute atomic E-state index is 11.7. The molecule has 0 aliphatic heterocycles. The number of rotatable bonds is 7. The molecule has 100 valence electrons. The van der Waals surface area contributed by atoms with Crippen LogP contribution in [-0.2, 0) is 9.47 Å². The van der Waals surface area contributed by atoms with Crippen molar-refractivity contribution in [1.29, 1.82) is 0 Å². The predicted octanol–water partition coefficient (Wildman–Crippen LogP) is 1.78. The molecular weight excluding hydrogens is 279 g/mol. The quantitative estimate of drug-likeness (QED) is 0.615. The van der Waals surface area contributed by atoms with E-state index in [4.69, 9.17) is 32.7 Å². The van der Waals surface area contributed by atoms with E-state index in [-0.39, 0.29) is 21.8 Å². The fourth-order valence-corrected chi connectivity index (χ4v) is 1.48. The van der Waals surface area contributed by atoms with Crippen LogP contribution >= 0.6 is 23.2 Å². The molecule has 0 spiro atoms. The molecule has 1 rings (SSSR count). The summed E-state index contributed by atoms with van der Waals surface area (Å²) in [5.74, 6) is -0.377. The summed E-state index contributed by atoms with van der Waals surface area (Å²) < 4.78 is 10.0. The Morgan fingerprint density at radius 1 is 1.33 bits per heavy atom. The van der Waals surface area contributed by atoms with E-state index >= 15 is 0 Å². The largest absolute Gasteiger partial charge is 0.382 e. The first-order chi connectivity index (χ1) is 8.65. The van der Waals surface area contributed by atoms with E-state index in [9.17, 15) is 4.79 Å². The van der Waals surface area contributed by atoms with Gasteiger partial charge in [-0.05, 0) is 12.1 Å². The third kappa shape index (κ3) is 5.18. The number of nitrogens with zero attached hydrogens (tertiary/aromatic N) is 1. The van der Waals surface area contributed by atoms with Crippen molar-refractivity contribution in [2.45, 2.75) is 0 Å². The maximum atomic E-state index is 11.7. The van der Waals surface area contributed by atoms with E-state index in [1.54, 1.807) is 7.11 Å². The van der Waals surface area contributed by atoms with Gasteiger partial charge in [0.15, 0.2) is 0 Å². The molecule has 0 atom stereocenters. The van der Waals surface area contributed by atoms with E-state index in [1.165, 1.54) is 12.1 Å². The zero-order valence-electron chi connectivity index (χ0n) is 9.91. The van der Waals surface area contributed by atoms with Gasteiger partial charge in [0.05, 0.1) is 24.8 Å². The lowest BCUT2D eigenvalue weighted by Gasteiger charge is -2.07. The Morgan fingerprint density at radius 3 is 2.83 bits per heavy atom. The summed E-state index contributed by atoms with van der Waals surface area (Å²) in [6.07, 6.45) is 0. The smallest absolute Gasteiger partial charge is 0.271 e. The fourth-order valence-electron chi connectivity index (χ4n) is 1.14. The number of halogens is 2. The second kappa shape index (κ2) is 8.26. The van der Waals surface area contributed by atoms with Gasteiger partial charge in [-0.3, -0.25) is 4.79 Å². The summed E-state index contributed by atoms with van der Waals surface area (Å²) >= 11 is 11.5. The molecule has 0 aliphatic rings. The predicted molar refractivity (Wildman–Crippen MR) is 69.3 cm³/mol. The Hall–Kier alpha value is -0.880. The molecule has 1 N–H and O–H groups in total. The van der Waals surface area contributed by atoms with Crippen LogP contribution in [0.3, 0.4) is 0 Å². The molecule has 1 aromatic heterocycles. The Balaban J connectivity index is 2.34. The number of ether oxygens (including phenoxy) is 2. The lowest BCUT2D eigenvalue weighted by molar-refractivity contribution is 0.0692. The average Bonchev–Trinajstić information content (AvgIpc) is 2.36. The summed E-state index contributed by atoms with van der Waals surface area (Å²) in [6, 6.07) is 3.05. The molecular formula is C11H14Cl2N2O3. The molecule has 5 nitrogen and oxygen atoms in total. The van der Waals surface area contributed by atoms with Gasteiger partial charge >= 0.3 is 0 Å². The van der Waals surface area contributed by atoms with Crippen molar-refractivity contribution in [3.63, 3.8) is 0 Å². The van der Waals surface area contributed by atoms with Crippen LogP contribution in [0.15, 0.2) is 12.1 Å². The maximum Gasteiger partial charge on any atom is 0.271 e. The van der Waals surface area contributed by atoms with E-state index in [2.05, 4.69) is 10.3 Å². The molecule has 0 saturated heterocycles. The first-order valence-electron chi connectivity index (χ1n) is 5.32. The minimum atomic E-state index is -0.377. The van der Waals surface area contributed by atoms with Gasteiger partial charge in [-0.15, -0.1) is 0 Å². The number of nitrogens with one attached hydrogen (secondary N) is 1. The molecule has 0 radical (unpaired) electrons. The van der Waals surface area contributed by atoms with Crippen molar-refractivity contribution in [3.8, 4) is 0 Å². The highest BCUT2D eigenvalue weighted by Gasteiger charge is 2.12. The number of methoxy groups -OCH3 is 1. The average molecular weight is 293 g/mol. The zero-order valence-corrected chi connectivity index (χ0v) is 11.4. The van der Waals surface area contributed by atoms with Gasteiger partial charge in [0.1, 0.15) is 10.8 Å². The third-order valence-electron chi connectivity index (χ3n) is 1.99. The Kier molecular flexibility index (Phi) is 6.97. The van der Waals surface area contributed by atoms with Gasteiger partial charge in [-0.2, -0.15) is 0 Å². The van der Waals surface area contributed by atoms with Crippen molar-refractivity contribution < 1.29 is 14.3 Å². The summed E-state index contributed by atoms with van der Waals surface area (Å²) in [5, 5.41) is 3.12. The van der Waals surface area contributed by atoms with Gasteiger partial charge in [-0.1, -0.05) is 23.2 Å². The number of hydrogen-bond donors (Lipinski definition) is 1.